The Morgan fingerprint density at radius 2 is 2.05 bits per heavy atom. The van der Waals surface area contributed by atoms with E-state index in [4.69, 9.17) is 10.5 Å². The van der Waals surface area contributed by atoms with E-state index < -0.39 is 0 Å². The number of benzene rings is 1. The van der Waals surface area contributed by atoms with Gasteiger partial charge in [-0.2, -0.15) is 0 Å². The third-order valence-electron chi connectivity index (χ3n) is 2.86. The van der Waals surface area contributed by atoms with Gasteiger partial charge in [0.05, 0.1) is 5.69 Å². The summed E-state index contributed by atoms with van der Waals surface area (Å²) in [7, 11) is 0. The molecule has 0 aliphatic rings. The van der Waals surface area contributed by atoms with Gasteiger partial charge in [0.1, 0.15) is 5.75 Å². The van der Waals surface area contributed by atoms with E-state index >= 15 is 0 Å². The van der Waals surface area contributed by atoms with Crippen molar-refractivity contribution in [1.29, 1.82) is 0 Å². The molecule has 100 valence electrons. The summed E-state index contributed by atoms with van der Waals surface area (Å²) >= 11 is 3.45. The van der Waals surface area contributed by atoms with Gasteiger partial charge in [0.25, 0.3) is 0 Å². The Bertz CT molecular complexity index is 543. The molecule has 1 aromatic carbocycles. The molecule has 1 aromatic heterocycles. The number of rotatable bonds is 4. The minimum Gasteiger partial charge on any atom is -0.482 e. The van der Waals surface area contributed by atoms with Gasteiger partial charge < -0.3 is 10.5 Å². The minimum atomic E-state index is -0.255. The van der Waals surface area contributed by atoms with Crippen molar-refractivity contribution < 1.29 is 4.74 Å². The highest BCUT2D eigenvalue weighted by Crippen LogP contribution is 2.28. The molecular weight excluding hydrogens is 304 g/mol. The second-order valence-electron chi connectivity index (χ2n) is 4.56. The quantitative estimate of drug-likeness (QED) is 0.936. The highest BCUT2D eigenvalue weighted by molar-refractivity contribution is 9.10. The van der Waals surface area contributed by atoms with Crippen molar-refractivity contribution in [3.05, 3.63) is 58.3 Å². The zero-order valence-corrected chi connectivity index (χ0v) is 12.6. The van der Waals surface area contributed by atoms with Crippen LogP contribution in [0.25, 0.3) is 0 Å². The first-order chi connectivity index (χ1) is 9.08. The number of hydrogen-bond donors (Lipinski definition) is 1. The average molecular weight is 321 g/mol. The molecule has 1 heterocycles. The van der Waals surface area contributed by atoms with Crippen molar-refractivity contribution in [3.63, 3.8) is 0 Å². The molecule has 0 aliphatic carbocycles. The zero-order valence-electron chi connectivity index (χ0n) is 11.0. The van der Waals surface area contributed by atoms with Gasteiger partial charge in [-0.05, 0) is 43.7 Å². The summed E-state index contributed by atoms with van der Waals surface area (Å²) in [6.07, 6.45) is 1.50. The molecule has 0 aliphatic heterocycles. The van der Waals surface area contributed by atoms with Crippen molar-refractivity contribution in [2.75, 3.05) is 0 Å². The summed E-state index contributed by atoms with van der Waals surface area (Å²) in [6, 6.07) is 11.6. The van der Waals surface area contributed by atoms with Crippen LogP contribution in [0.5, 0.6) is 5.75 Å². The van der Waals surface area contributed by atoms with Gasteiger partial charge in [-0.1, -0.05) is 28.1 Å². The van der Waals surface area contributed by atoms with Crippen LogP contribution in [0.2, 0.25) is 0 Å². The van der Waals surface area contributed by atoms with Crippen molar-refractivity contribution in [2.24, 2.45) is 5.73 Å². The number of ether oxygens (including phenoxy) is 1. The van der Waals surface area contributed by atoms with Gasteiger partial charge in [0.15, 0.2) is 6.10 Å². The number of aromatic nitrogens is 1. The average Bonchev–Trinajstić information content (AvgIpc) is 2.40. The molecule has 3 nitrogen and oxygen atoms in total. The van der Waals surface area contributed by atoms with Gasteiger partial charge in [-0.3, -0.25) is 4.98 Å². The molecule has 2 unspecified atom stereocenters. The molecular formula is C15H17BrN2O. The minimum absolute atomic E-state index is 0.145. The molecule has 2 rings (SSSR count). The van der Waals surface area contributed by atoms with E-state index in [1.807, 2.05) is 50.2 Å². The molecule has 2 aromatic rings. The number of nitrogens with zero attached hydrogens (tertiary/aromatic N) is 1. The van der Waals surface area contributed by atoms with Crippen LogP contribution in [-0.2, 0) is 0 Å². The number of hydrogen-bond acceptors (Lipinski definition) is 3. The molecule has 0 spiro atoms. The van der Waals surface area contributed by atoms with Crippen LogP contribution >= 0.6 is 15.9 Å². The first-order valence-corrected chi connectivity index (χ1v) is 6.96. The number of nitrogens with two attached hydrogens (primary N) is 1. The highest BCUT2D eigenvalue weighted by atomic mass is 79.9. The smallest absolute Gasteiger partial charge is 0.155 e. The molecule has 0 fully saturated rings. The van der Waals surface area contributed by atoms with Gasteiger partial charge in [0, 0.05) is 16.7 Å². The van der Waals surface area contributed by atoms with Crippen molar-refractivity contribution >= 4 is 15.9 Å². The fraction of sp³-hybridized carbons (Fsp3) is 0.267. The Morgan fingerprint density at radius 1 is 1.26 bits per heavy atom. The standard InChI is InChI=1S/C15H17BrN2O/c1-10-6-7-12(16)9-14(10)19-15(11(2)17)13-5-3-4-8-18-13/h3-9,11,15H,17H2,1-2H3. The maximum absolute atomic E-state index is 6.06. The second kappa shape index (κ2) is 6.17. The Balaban J connectivity index is 2.29. The molecule has 2 N–H and O–H groups in total. The number of aryl methyl sites for hydroxylation is 1. The van der Waals surface area contributed by atoms with E-state index in [0.717, 1.165) is 21.5 Å². The lowest BCUT2D eigenvalue weighted by molar-refractivity contribution is 0.174. The SMILES string of the molecule is Cc1ccc(Br)cc1OC(c1ccccn1)C(C)N. The van der Waals surface area contributed by atoms with Crippen LogP contribution in [0.4, 0.5) is 0 Å². The molecule has 0 bridgehead atoms. The molecule has 0 radical (unpaired) electrons. The first-order valence-electron chi connectivity index (χ1n) is 6.17. The van der Waals surface area contributed by atoms with Crippen LogP contribution in [0.3, 0.4) is 0 Å². The van der Waals surface area contributed by atoms with E-state index in [9.17, 15) is 0 Å². The predicted molar refractivity (Wildman–Crippen MR) is 80.1 cm³/mol. The van der Waals surface area contributed by atoms with Gasteiger partial charge in [-0.15, -0.1) is 0 Å². The maximum atomic E-state index is 6.06. The van der Waals surface area contributed by atoms with E-state index in [1.54, 1.807) is 6.20 Å². The van der Waals surface area contributed by atoms with Crippen molar-refractivity contribution in [3.8, 4) is 5.75 Å². The van der Waals surface area contributed by atoms with Gasteiger partial charge in [0.2, 0.25) is 0 Å². The Morgan fingerprint density at radius 3 is 2.68 bits per heavy atom. The largest absolute Gasteiger partial charge is 0.482 e. The summed E-state index contributed by atoms with van der Waals surface area (Å²) in [5.41, 5.74) is 7.95. The predicted octanol–water partition coefficient (Wildman–Crippen LogP) is 3.62. The normalized spacial score (nSPS) is 13.9. The molecule has 4 heteroatoms. The fourth-order valence-electron chi connectivity index (χ4n) is 1.82. The second-order valence-corrected chi connectivity index (χ2v) is 5.48. The fourth-order valence-corrected chi connectivity index (χ4v) is 2.16. The van der Waals surface area contributed by atoms with Crippen LogP contribution < -0.4 is 10.5 Å². The first kappa shape index (κ1) is 14.0. The third kappa shape index (κ3) is 3.55. The lowest BCUT2D eigenvalue weighted by atomic mass is 10.1. The summed E-state index contributed by atoms with van der Waals surface area (Å²) in [5, 5.41) is 0. The summed E-state index contributed by atoms with van der Waals surface area (Å²) in [5.74, 6) is 0.822. The van der Waals surface area contributed by atoms with Crippen LogP contribution in [0.1, 0.15) is 24.3 Å². The van der Waals surface area contributed by atoms with Gasteiger partial charge in [-0.25, -0.2) is 0 Å². The summed E-state index contributed by atoms with van der Waals surface area (Å²) in [6.45, 7) is 3.94. The van der Waals surface area contributed by atoms with Crippen LogP contribution in [-0.4, -0.2) is 11.0 Å². The molecule has 0 amide bonds. The maximum Gasteiger partial charge on any atom is 0.155 e. The van der Waals surface area contributed by atoms with Crippen LogP contribution in [0.15, 0.2) is 47.1 Å². The van der Waals surface area contributed by atoms with Crippen molar-refractivity contribution in [2.45, 2.75) is 26.0 Å². The van der Waals surface area contributed by atoms with E-state index in [1.165, 1.54) is 0 Å². The van der Waals surface area contributed by atoms with E-state index in [0.29, 0.717) is 0 Å². The topological polar surface area (TPSA) is 48.1 Å². The Labute approximate surface area is 121 Å². The van der Waals surface area contributed by atoms with E-state index in [-0.39, 0.29) is 12.1 Å². The molecule has 0 saturated heterocycles. The molecule has 0 saturated carbocycles. The summed E-state index contributed by atoms with van der Waals surface area (Å²) in [4.78, 5) is 4.33. The lowest BCUT2D eigenvalue weighted by Crippen LogP contribution is -2.29. The number of halogens is 1. The Kier molecular flexibility index (Phi) is 4.56. The lowest BCUT2D eigenvalue weighted by Gasteiger charge is -2.23. The van der Waals surface area contributed by atoms with E-state index in [2.05, 4.69) is 20.9 Å². The zero-order chi connectivity index (χ0) is 13.8. The molecule has 19 heavy (non-hydrogen) atoms. The number of pyridine rings is 1. The highest BCUT2D eigenvalue weighted by Gasteiger charge is 2.20. The van der Waals surface area contributed by atoms with Crippen LogP contribution in [0, 0.1) is 6.92 Å². The molecule has 2 atom stereocenters. The third-order valence-corrected chi connectivity index (χ3v) is 3.35. The van der Waals surface area contributed by atoms with Gasteiger partial charge >= 0.3 is 0 Å². The summed E-state index contributed by atoms with van der Waals surface area (Å²) < 4.78 is 7.04. The monoisotopic (exact) mass is 320 g/mol. The Hall–Kier alpha value is -1.39. The van der Waals surface area contributed by atoms with Crippen molar-refractivity contribution in [1.82, 2.24) is 4.98 Å².